The van der Waals surface area contributed by atoms with Gasteiger partial charge in [-0.3, -0.25) is 9.69 Å². The highest BCUT2D eigenvalue weighted by Gasteiger charge is 2.22. The van der Waals surface area contributed by atoms with E-state index in [2.05, 4.69) is 26.5 Å². The van der Waals surface area contributed by atoms with Gasteiger partial charge in [0.1, 0.15) is 0 Å². The van der Waals surface area contributed by atoms with Crippen molar-refractivity contribution in [2.75, 3.05) is 57.3 Å². The zero-order valence-corrected chi connectivity index (χ0v) is 18.6. The molecular weight excluding hydrogens is 430 g/mol. The van der Waals surface area contributed by atoms with Crippen LogP contribution < -0.4 is 15.5 Å². The van der Waals surface area contributed by atoms with Gasteiger partial charge in [0.25, 0.3) is 0 Å². The number of carbonyl (C=O) groups is 1. The van der Waals surface area contributed by atoms with Gasteiger partial charge in [0.2, 0.25) is 5.91 Å². The van der Waals surface area contributed by atoms with E-state index < -0.39 is 0 Å². The fourth-order valence-electron chi connectivity index (χ4n) is 3.44. The first-order valence-electron chi connectivity index (χ1n) is 8.94. The van der Waals surface area contributed by atoms with Crippen LogP contribution in [0.4, 0.5) is 5.69 Å². The normalized spacial score (nSPS) is 19.4. The van der Waals surface area contributed by atoms with Gasteiger partial charge in [-0.1, -0.05) is 17.7 Å². The van der Waals surface area contributed by atoms with E-state index in [0.29, 0.717) is 0 Å². The molecule has 2 heterocycles. The molecule has 0 radical (unpaired) electrons. The van der Waals surface area contributed by atoms with E-state index in [4.69, 9.17) is 11.6 Å². The molecule has 2 aliphatic heterocycles. The maximum absolute atomic E-state index is 11.9. The molecule has 5 nitrogen and oxygen atoms in total. The number of amides is 1. The first kappa shape index (κ1) is 26.6. The van der Waals surface area contributed by atoms with Crippen molar-refractivity contribution in [3.8, 4) is 0 Å². The molecule has 3 rings (SSSR count). The van der Waals surface area contributed by atoms with Crippen LogP contribution >= 0.6 is 48.8 Å². The third kappa shape index (κ3) is 8.22. The van der Waals surface area contributed by atoms with Gasteiger partial charge in [0.15, 0.2) is 0 Å². The summed E-state index contributed by atoms with van der Waals surface area (Å²) >= 11 is 6.07. The van der Waals surface area contributed by atoms with Crippen LogP contribution in [-0.4, -0.2) is 63.2 Å². The molecule has 156 valence electrons. The Kier molecular flexibility index (Phi) is 13.5. The first-order chi connectivity index (χ1) is 11.7. The summed E-state index contributed by atoms with van der Waals surface area (Å²) in [5.41, 5.74) is 1.21. The third-order valence-corrected chi connectivity index (χ3v) is 5.16. The number of nitrogens with zero attached hydrogens (tertiary/aromatic N) is 2. The summed E-state index contributed by atoms with van der Waals surface area (Å²) in [5, 5.41) is 7.10. The lowest BCUT2D eigenvalue weighted by Gasteiger charge is -2.36. The summed E-state index contributed by atoms with van der Waals surface area (Å²) in [4.78, 5) is 16.8. The topological polar surface area (TPSA) is 47.6 Å². The van der Waals surface area contributed by atoms with E-state index in [1.807, 2.05) is 18.2 Å². The highest BCUT2D eigenvalue weighted by molar-refractivity contribution is 6.30. The Balaban J connectivity index is 0.00000225. The van der Waals surface area contributed by atoms with Gasteiger partial charge in [-0.2, -0.15) is 0 Å². The number of nitrogens with one attached hydrogen (secondary N) is 2. The SMILES string of the molecule is Cl.Cl.Cl.O=C(NCCCN1CCN(c2cccc(Cl)c2)CC1)C1CCNC1. The van der Waals surface area contributed by atoms with Gasteiger partial charge in [0, 0.05) is 50.0 Å². The zero-order valence-electron chi connectivity index (χ0n) is 15.4. The Morgan fingerprint density at radius 1 is 1.19 bits per heavy atom. The molecule has 1 aromatic carbocycles. The van der Waals surface area contributed by atoms with Crippen molar-refractivity contribution >= 4 is 60.4 Å². The monoisotopic (exact) mass is 458 g/mol. The highest BCUT2D eigenvalue weighted by atomic mass is 35.5. The second-order valence-corrected chi connectivity index (χ2v) is 7.08. The van der Waals surface area contributed by atoms with Crippen LogP contribution in [-0.2, 0) is 4.79 Å². The summed E-state index contributed by atoms with van der Waals surface area (Å²) < 4.78 is 0. The summed E-state index contributed by atoms with van der Waals surface area (Å²) in [6, 6.07) is 8.07. The van der Waals surface area contributed by atoms with E-state index in [1.165, 1.54) is 5.69 Å². The van der Waals surface area contributed by atoms with Crippen molar-refractivity contribution in [3.63, 3.8) is 0 Å². The molecule has 2 saturated heterocycles. The quantitative estimate of drug-likeness (QED) is 0.642. The number of hydrogen-bond acceptors (Lipinski definition) is 4. The molecule has 1 amide bonds. The predicted octanol–water partition coefficient (Wildman–Crippen LogP) is 2.84. The second-order valence-electron chi connectivity index (χ2n) is 6.64. The molecule has 0 aromatic heterocycles. The van der Waals surface area contributed by atoms with Gasteiger partial charge < -0.3 is 15.5 Å². The van der Waals surface area contributed by atoms with Gasteiger partial charge in [0.05, 0.1) is 5.92 Å². The fraction of sp³-hybridized carbons (Fsp3) is 0.611. The summed E-state index contributed by atoms with van der Waals surface area (Å²) in [6.45, 7) is 7.81. The van der Waals surface area contributed by atoms with Crippen LogP contribution in [0.1, 0.15) is 12.8 Å². The molecule has 0 bridgehead atoms. The molecule has 2 N–H and O–H groups in total. The van der Waals surface area contributed by atoms with Crippen molar-refractivity contribution in [2.45, 2.75) is 12.8 Å². The molecule has 0 saturated carbocycles. The first-order valence-corrected chi connectivity index (χ1v) is 9.31. The Labute approximate surface area is 185 Å². The number of piperazine rings is 1. The van der Waals surface area contributed by atoms with E-state index in [0.717, 1.165) is 70.2 Å². The molecular formula is C18H30Cl4N4O. The van der Waals surface area contributed by atoms with Crippen LogP contribution in [0, 0.1) is 5.92 Å². The highest BCUT2D eigenvalue weighted by Crippen LogP contribution is 2.20. The van der Waals surface area contributed by atoms with Crippen LogP contribution in [0.2, 0.25) is 5.02 Å². The molecule has 2 aliphatic rings. The molecule has 2 fully saturated rings. The fourth-order valence-corrected chi connectivity index (χ4v) is 3.62. The molecule has 0 aliphatic carbocycles. The van der Waals surface area contributed by atoms with Crippen molar-refractivity contribution in [2.24, 2.45) is 5.92 Å². The van der Waals surface area contributed by atoms with Crippen LogP contribution in [0.15, 0.2) is 24.3 Å². The van der Waals surface area contributed by atoms with Crippen molar-refractivity contribution in [1.29, 1.82) is 0 Å². The van der Waals surface area contributed by atoms with Gasteiger partial charge in [-0.15, -0.1) is 37.2 Å². The minimum absolute atomic E-state index is 0. The lowest BCUT2D eigenvalue weighted by atomic mass is 10.1. The van der Waals surface area contributed by atoms with Crippen molar-refractivity contribution < 1.29 is 4.79 Å². The molecule has 27 heavy (non-hydrogen) atoms. The summed E-state index contributed by atoms with van der Waals surface area (Å²) in [5.74, 6) is 0.386. The summed E-state index contributed by atoms with van der Waals surface area (Å²) in [6.07, 6.45) is 1.99. The number of halogens is 4. The minimum Gasteiger partial charge on any atom is -0.369 e. The Bertz CT molecular complexity index is 550. The molecule has 0 spiro atoms. The van der Waals surface area contributed by atoms with Crippen LogP contribution in [0.25, 0.3) is 0 Å². The lowest BCUT2D eigenvalue weighted by Crippen LogP contribution is -2.47. The van der Waals surface area contributed by atoms with E-state index in [9.17, 15) is 4.79 Å². The lowest BCUT2D eigenvalue weighted by molar-refractivity contribution is -0.124. The number of benzene rings is 1. The maximum Gasteiger partial charge on any atom is 0.224 e. The van der Waals surface area contributed by atoms with Crippen LogP contribution in [0.3, 0.4) is 0 Å². The average molecular weight is 460 g/mol. The standard InChI is InChI=1S/C18H27ClN4O.3ClH/c19-16-3-1-4-17(13-16)23-11-9-22(10-12-23)8-2-6-21-18(24)15-5-7-20-14-15;;;/h1,3-4,13,15,20H,2,5-12,14H2,(H,21,24);3*1H. The number of anilines is 1. The van der Waals surface area contributed by atoms with E-state index in [1.54, 1.807) is 0 Å². The average Bonchev–Trinajstić information content (AvgIpc) is 3.14. The van der Waals surface area contributed by atoms with Crippen molar-refractivity contribution in [1.82, 2.24) is 15.5 Å². The van der Waals surface area contributed by atoms with Crippen LogP contribution in [0.5, 0.6) is 0 Å². The zero-order chi connectivity index (χ0) is 16.8. The Hall–Kier alpha value is -0.430. The van der Waals surface area contributed by atoms with Gasteiger partial charge in [-0.25, -0.2) is 0 Å². The number of hydrogen-bond donors (Lipinski definition) is 2. The largest absolute Gasteiger partial charge is 0.369 e. The number of rotatable bonds is 6. The molecule has 9 heteroatoms. The summed E-state index contributed by atoms with van der Waals surface area (Å²) in [7, 11) is 0. The Morgan fingerprint density at radius 3 is 2.56 bits per heavy atom. The third-order valence-electron chi connectivity index (χ3n) is 4.93. The van der Waals surface area contributed by atoms with E-state index >= 15 is 0 Å². The Morgan fingerprint density at radius 2 is 1.93 bits per heavy atom. The van der Waals surface area contributed by atoms with Crippen molar-refractivity contribution in [3.05, 3.63) is 29.3 Å². The van der Waals surface area contributed by atoms with Gasteiger partial charge >= 0.3 is 0 Å². The van der Waals surface area contributed by atoms with E-state index in [-0.39, 0.29) is 49.0 Å². The molecule has 1 aromatic rings. The predicted molar refractivity (Wildman–Crippen MR) is 120 cm³/mol. The smallest absolute Gasteiger partial charge is 0.224 e. The molecule has 1 atom stereocenters. The maximum atomic E-state index is 11.9. The molecule has 1 unspecified atom stereocenters. The second kappa shape index (κ2) is 13.7. The number of carbonyl (C=O) groups excluding carboxylic acids is 1. The van der Waals surface area contributed by atoms with Gasteiger partial charge in [-0.05, 0) is 44.1 Å². The minimum atomic E-state index is 0.